The standard InChI is InChI=1S/C18H16FN5O4S/c1-10-13(3-2-4-15(10)24-9-20-22-18(24)26)23-29(27,28)16-7-11-5-6-17(25)21-14(11)8-12(16)19/h2-4,7-9,23H,5-6H2,1H3,(H,21,25)(H,22,26). The lowest BCUT2D eigenvalue weighted by molar-refractivity contribution is -0.116. The van der Waals surface area contributed by atoms with E-state index in [-0.39, 0.29) is 23.7 Å². The maximum atomic E-state index is 14.5. The van der Waals surface area contributed by atoms with Crippen molar-refractivity contribution in [1.29, 1.82) is 0 Å². The number of nitrogens with one attached hydrogen (secondary N) is 3. The topological polar surface area (TPSA) is 126 Å². The van der Waals surface area contributed by atoms with Gasteiger partial charge in [0.2, 0.25) is 5.91 Å². The number of carbonyl (C=O) groups is 1. The van der Waals surface area contributed by atoms with E-state index >= 15 is 0 Å². The number of hydrogen-bond donors (Lipinski definition) is 3. The Morgan fingerprint density at radius 1 is 1.21 bits per heavy atom. The first kappa shape index (κ1) is 18.9. The van der Waals surface area contributed by atoms with Crippen molar-refractivity contribution >= 4 is 27.3 Å². The minimum Gasteiger partial charge on any atom is -0.326 e. The highest BCUT2D eigenvalue weighted by atomic mass is 32.2. The predicted molar refractivity (Wildman–Crippen MR) is 103 cm³/mol. The molecule has 2 aromatic carbocycles. The largest absolute Gasteiger partial charge is 0.347 e. The summed E-state index contributed by atoms with van der Waals surface area (Å²) in [6.45, 7) is 1.63. The fourth-order valence-corrected chi connectivity index (χ4v) is 4.43. The van der Waals surface area contributed by atoms with E-state index in [2.05, 4.69) is 20.2 Å². The van der Waals surface area contributed by atoms with Crippen LogP contribution in [0.1, 0.15) is 17.5 Å². The second kappa shape index (κ2) is 6.85. The van der Waals surface area contributed by atoms with Crippen LogP contribution in [0, 0.1) is 12.7 Å². The van der Waals surface area contributed by atoms with E-state index in [0.717, 1.165) is 6.07 Å². The Kier molecular flexibility index (Phi) is 4.46. The number of carbonyl (C=O) groups excluding carboxylic acids is 1. The first-order chi connectivity index (χ1) is 13.8. The second-order valence-corrected chi connectivity index (χ2v) is 8.23. The van der Waals surface area contributed by atoms with Gasteiger partial charge in [-0.25, -0.2) is 27.3 Å². The van der Waals surface area contributed by atoms with Gasteiger partial charge in [-0.3, -0.25) is 9.52 Å². The minimum absolute atomic E-state index is 0.195. The molecule has 0 unspecified atom stereocenters. The lowest BCUT2D eigenvalue weighted by Crippen LogP contribution is -2.21. The number of aromatic amines is 1. The first-order valence-electron chi connectivity index (χ1n) is 8.63. The Bertz CT molecular complexity index is 1300. The maximum absolute atomic E-state index is 14.5. The zero-order chi connectivity index (χ0) is 20.8. The van der Waals surface area contributed by atoms with Gasteiger partial charge in [0.05, 0.1) is 11.4 Å². The molecule has 150 valence electrons. The molecule has 0 radical (unpaired) electrons. The van der Waals surface area contributed by atoms with Crippen molar-refractivity contribution in [3.63, 3.8) is 0 Å². The number of halogens is 1. The van der Waals surface area contributed by atoms with Crippen LogP contribution in [0.2, 0.25) is 0 Å². The lowest BCUT2D eigenvalue weighted by atomic mass is 10.0. The number of H-pyrrole nitrogens is 1. The van der Waals surface area contributed by atoms with Crippen LogP contribution in [0.3, 0.4) is 0 Å². The van der Waals surface area contributed by atoms with Gasteiger partial charge >= 0.3 is 5.69 Å². The molecule has 0 fully saturated rings. The van der Waals surface area contributed by atoms with Crippen molar-refractivity contribution in [2.75, 3.05) is 10.0 Å². The molecule has 11 heteroatoms. The van der Waals surface area contributed by atoms with Crippen LogP contribution in [-0.4, -0.2) is 29.1 Å². The average molecular weight is 417 g/mol. The number of aromatic nitrogens is 3. The maximum Gasteiger partial charge on any atom is 0.347 e. The SMILES string of the molecule is Cc1c(NS(=O)(=O)c2cc3c(cc2F)NC(=O)CC3)cccc1-n1cn[nH]c1=O. The number of benzene rings is 2. The first-order valence-corrected chi connectivity index (χ1v) is 10.1. The van der Waals surface area contributed by atoms with Crippen molar-refractivity contribution in [2.45, 2.75) is 24.7 Å². The summed E-state index contributed by atoms with van der Waals surface area (Å²) in [4.78, 5) is 22.8. The number of fused-ring (bicyclic) bond motifs is 1. The average Bonchev–Trinajstić information content (AvgIpc) is 3.08. The van der Waals surface area contributed by atoms with Crippen molar-refractivity contribution < 1.29 is 17.6 Å². The summed E-state index contributed by atoms with van der Waals surface area (Å²) in [5.74, 6) is -1.22. The van der Waals surface area contributed by atoms with Gasteiger partial charge in [-0.05, 0) is 48.7 Å². The molecule has 29 heavy (non-hydrogen) atoms. The van der Waals surface area contributed by atoms with Crippen molar-refractivity contribution in [3.8, 4) is 5.69 Å². The number of rotatable bonds is 4. The monoisotopic (exact) mass is 417 g/mol. The summed E-state index contributed by atoms with van der Waals surface area (Å²) in [5, 5.41) is 8.45. The highest BCUT2D eigenvalue weighted by Crippen LogP contribution is 2.30. The van der Waals surface area contributed by atoms with Gasteiger partial charge in [0.25, 0.3) is 10.0 Å². The Hall–Kier alpha value is -3.47. The Labute approximate surface area is 164 Å². The van der Waals surface area contributed by atoms with Crippen LogP contribution in [0.15, 0.2) is 46.3 Å². The van der Waals surface area contributed by atoms with E-state index < -0.39 is 26.4 Å². The van der Waals surface area contributed by atoms with Gasteiger partial charge in [0.1, 0.15) is 17.0 Å². The van der Waals surface area contributed by atoms with E-state index in [1.165, 1.54) is 23.0 Å². The van der Waals surface area contributed by atoms with Gasteiger partial charge < -0.3 is 5.32 Å². The second-order valence-electron chi connectivity index (χ2n) is 6.57. The third kappa shape index (κ3) is 3.40. The van der Waals surface area contributed by atoms with Gasteiger partial charge in [0, 0.05) is 12.1 Å². The van der Waals surface area contributed by atoms with Crippen LogP contribution in [-0.2, 0) is 21.2 Å². The highest BCUT2D eigenvalue weighted by Gasteiger charge is 2.25. The highest BCUT2D eigenvalue weighted by molar-refractivity contribution is 7.92. The van der Waals surface area contributed by atoms with Crippen molar-refractivity contribution in [3.05, 3.63) is 64.1 Å². The molecule has 0 spiro atoms. The summed E-state index contributed by atoms with van der Waals surface area (Å²) in [5.41, 5.74) is 1.43. The summed E-state index contributed by atoms with van der Waals surface area (Å²) in [6.07, 6.45) is 1.80. The number of sulfonamides is 1. The van der Waals surface area contributed by atoms with E-state index in [0.29, 0.717) is 23.2 Å². The molecule has 1 aliphatic rings. The molecule has 3 aromatic rings. The molecule has 1 aliphatic heterocycles. The molecule has 1 amide bonds. The Balaban J connectivity index is 1.73. The molecular formula is C18H16FN5O4S. The smallest absolute Gasteiger partial charge is 0.326 e. The minimum atomic E-state index is -4.26. The van der Waals surface area contributed by atoms with E-state index in [1.807, 2.05) is 0 Å². The Morgan fingerprint density at radius 2 is 2.00 bits per heavy atom. The zero-order valence-corrected chi connectivity index (χ0v) is 16.0. The lowest BCUT2D eigenvalue weighted by Gasteiger charge is -2.19. The summed E-state index contributed by atoms with van der Waals surface area (Å²) in [6, 6.07) is 6.95. The Morgan fingerprint density at radius 3 is 2.72 bits per heavy atom. The van der Waals surface area contributed by atoms with Gasteiger partial charge in [0.15, 0.2) is 0 Å². The summed E-state index contributed by atoms with van der Waals surface area (Å²) >= 11 is 0. The molecule has 0 atom stereocenters. The third-order valence-corrected chi connectivity index (χ3v) is 6.08. The normalized spacial score (nSPS) is 13.7. The van der Waals surface area contributed by atoms with E-state index in [1.54, 1.807) is 19.1 Å². The fraction of sp³-hybridized carbons (Fsp3) is 0.167. The molecule has 1 aromatic heterocycles. The number of aryl methyl sites for hydroxylation is 1. The summed E-state index contributed by atoms with van der Waals surface area (Å²) in [7, 11) is -4.26. The number of amides is 1. The van der Waals surface area contributed by atoms with Gasteiger partial charge in [-0.15, -0.1) is 0 Å². The quantitative estimate of drug-likeness (QED) is 0.596. The van der Waals surface area contributed by atoms with Crippen molar-refractivity contribution in [2.24, 2.45) is 0 Å². The van der Waals surface area contributed by atoms with Crippen LogP contribution in [0.5, 0.6) is 0 Å². The summed E-state index contributed by atoms with van der Waals surface area (Å²) < 4.78 is 43.9. The predicted octanol–water partition coefficient (Wildman–Crippen LogP) is 1.69. The van der Waals surface area contributed by atoms with Crippen molar-refractivity contribution in [1.82, 2.24) is 14.8 Å². The molecule has 0 saturated heterocycles. The molecule has 0 aliphatic carbocycles. The molecule has 0 bridgehead atoms. The number of hydrogen-bond acceptors (Lipinski definition) is 5. The number of nitrogens with zero attached hydrogens (tertiary/aromatic N) is 2. The number of anilines is 2. The van der Waals surface area contributed by atoms with Gasteiger partial charge in [-0.2, -0.15) is 5.10 Å². The molecule has 4 rings (SSSR count). The molecule has 9 nitrogen and oxygen atoms in total. The van der Waals surface area contributed by atoms with E-state index in [9.17, 15) is 22.4 Å². The fourth-order valence-electron chi connectivity index (χ4n) is 3.20. The molecule has 2 heterocycles. The molecule has 0 saturated carbocycles. The van der Waals surface area contributed by atoms with Gasteiger partial charge in [-0.1, -0.05) is 6.07 Å². The third-order valence-electron chi connectivity index (χ3n) is 4.70. The van der Waals surface area contributed by atoms with Crippen LogP contribution >= 0.6 is 0 Å². The zero-order valence-electron chi connectivity index (χ0n) is 15.2. The molecule has 3 N–H and O–H groups in total. The van der Waals surface area contributed by atoms with Crippen LogP contribution < -0.4 is 15.7 Å². The van der Waals surface area contributed by atoms with E-state index in [4.69, 9.17) is 0 Å². The van der Waals surface area contributed by atoms with Crippen LogP contribution in [0.4, 0.5) is 15.8 Å². The van der Waals surface area contributed by atoms with Crippen LogP contribution in [0.25, 0.3) is 5.69 Å². The molecular weight excluding hydrogens is 401 g/mol.